The fourth-order valence-electron chi connectivity index (χ4n) is 3.55. The number of fused-ring (bicyclic) bond motifs is 1. The van der Waals surface area contributed by atoms with Gasteiger partial charge in [-0.1, -0.05) is 42.5 Å². The molecule has 4 rings (SSSR count). The highest BCUT2D eigenvalue weighted by atomic mass is 32.2. The lowest BCUT2D eigenvalue weighted by atomic mass is 10.0. The largest absolute Gasteiger partial charge is 0.490 e. The Morgan fingerprint density at radius 3 is 2.12 bits per heavy atom. The highest BCUT2D eigenvalue weighted by Gasteiger charge is 2.59. The van der Waals surface area contributed by atoms with Crippen LogP contribution in [0, 0.1) is 0 Å². The summed E-state index contributed by atoms with van der Waals surface area (Å²) in [5.74, 6) is -0.284. The van der Waals surface area contributed by atoms with E-state index in [2.05, 4.69) is 14.7 Å². The Bertz CT molecular complexity index is 1530. The minimum Gasteiger partial charge on any atom is -0.471 e. The van der Waals surface area contributed by atoms with Gasteiger partial charge in [0.2, 0.25) is 11.0 Å². The van der Waals surface area contributed by atoms with E-state index in [1.807, 2.05) is 4.72 Å². The zero-order chi connectivity index (χ0) is 29.3. The Morgan fingerprint density at radius 1 is 0.850 bits per heavy atom. The fourth-order valence-corrected chi connectivity index (χ4v) is 4.04. The molecule has 0 saturated carbocycles. The first kappa shape index (κ1) is 29.0. The van der Waals surface area contributed by atoms with Crippen LogP contribution in [0.2, 0.25) is 0 Å². The summed E-state index contributed by atoms with van der Waals surface area (Å²) >= 11 is 0. The first-order chi connectivity index (χ1) is 18.6. The van der Waals surface area contributed by atoms with Crippen LogP contribution in [0.15, 0.2) is 66.7 Å². The first-order valence-electron chi connectivity index (χ1n) is 11.0. The number of imidazole rings is 1. The molecule has 1 unspecified atom stereocenters. The van der Waals surface area contributed by atoms with Crippen LogP contribution in [0.5, 0.6) is 5.75 Å². The van der Waals surface area contributed by atoms with Gasteiger partial charge < -0.3 is 9.72 Å². The lowest BCUT2D eigenvalue weighted by Gasteiger charge is -2.23. The molecule has 40 heavy (non-hydrogen) atoms. The Hall–Kier alpha value is -4.01. The van der Waals surface area contributed by atoms with Crippen molar-refractivity contribution in [3.8, 4) is 16.9 Å². The topological polar surface area (TPSA) is 67.0 Å². The van der Waals surface area contributed by atoms with E-state index in [1.165, 1.54) is 36.4 Å². The third kappa shape index (κ3) is 6.94. The van der Waals surface area contributed by atoms with Crippen LogP contribution in [0.4, 0.5) is 45.2 Å². The minimum absolute atomic E-state index is 0.00126. The molecule has 0 aliphatic carbocycles. The minimum atomic E-state index is -5.64. The molecule has 15 heteroatoms. The maximum Gasteiger partial charge on any atom is 0.490 e. The summed E-state index contributed by atoms with van der Waals surface area (Å²) in [7, 11) is -3.32. The van der Waals surface area contributed by atoms with E-state index in [0.717, 1.165) is 12.1 Å². The molecule has 0 amide bonds. The van der Waals surface area contributed by atoms with Gasteiger partial charge in [-0.3, -0.25) is 4.72 Å². The molecular formula is C25H16F9N3O2S. The van der Waals surface area contributed by atoms with Crippen LogP contribution < -0.4 is 9.46 Å². The van der Waals surface area contributed by atoms with Gasteiger partial charge >= 0.3 is 17.9 Å². The molecule has 0 spiro atoms. The lowest BCUT2D eigenvalue weighted by Crippen LogP contribution is -2.46. The Labute approximate surface area is 222 Å². The van der Waals surface area contributed by atoms with Crippen LogP contribution in [-0.4, -0.2) is 38.1 Å². The number of para-hydroxylation sites is 1. The molecule has 1 heterocycles. The third-order valence-corrected chi connectivity index (χ3v) is 6.14. The maximum atomic E-state index is 12.8. The fraction of sp³-hybridized carbons (Fsp3) is 0.160. The zero-order valence-electron chi connectivity index (χ0n) is 19.7. The molecule has 1 atom stereocenters. The number of hydrogen-bond donors (Lipinski definition) is 2. The van der Waals surface area contributed by atoms with E-state index >= 15 is 0 Å². The Morgan fingerprint density at radius 2 is 1.50 bits per heavy atom. The zero-order valence-corrected chi connectivity index (χ0v) is 20.5. The monoisotopic (exact) mass is 593 g/mol. The standard InChI is InChI=1S/C25H16F9N3O2S/c26-23(27,28)22(24(29,30)31)39-16-9-5-14(6-10-16)7-12-21-35-19-11-8-15(13-20(19)36-21)17-3-1-2-4-18(17)37-40(38)25(32,33)34/h1-13,22,37H,(H,35,36)/b12-7+. The van der Waals surface area contributed by atoms with Crippen LogP contribution in [0.1, 0.15) is 11.4 Å². The maximum absolute atomic E-state index is 12.8. The van der Waals surface area contributed by atoms with E-state index < -0.39 is 40.7 Å². The van der Waals surface area contributed by atoms with E-state index in [0.29, 0.717) is 33.5 Å². The molecule has 4 aromatic rings. The van der Waals surface area contributed by atoms with Gasteiger partial charge in [0.1, 0.15) is 11.6 Å². The van der Waals surface area contributed by atoms with E-state index in [1.54, 1.807) is 30.3 Å². The lowest BCUT2D eigenvalue weighted by molar-refractivity contribution is -0.299. The number of alkyl halides is 9. The molecule has 0 fully saturated rings. The number of benzene rings is 3. The van der Waals surface area contributed by atoms with Gasteiger partial charge in [0.25, 0.3) is 6.10 Å². The van der Waals surface area contributed by atoms with Crippen molar-refractivity contribution in [2.24, 2.45) is 0 Å². The van der Waals surface area contributed by atoms with Gasteiger partial charge in [-0.15, -0.1) is 0 Å². The summed E-state index contributed by atoms with van der Waals surface area (Å²) in [5.41, 5.74) is -2.67. The van der Waals surface area contributed by atoms with Gasteiger partial charge in [0, 0.05) is 5.56 Å². The van der Waals surface area contributed by atoms with Crippen molar-refractivity contribution < 1.29 is 48.5 Å². The molecule has 1 aromatic heterocycles. The summed E-state index contributed by atoms with van der Waals surface area (Å²) in [5, 5.41) is 0. The van der Waals surface area contributed by atoms with Crippen LogP contribution in [0.3, 0.4) is 0 Å². The summed E-state index contributed by atoms with van der Waals surface area (Å²) in [6, 6.07) is 15.3. The molecule has 3 aromatic carbocycles. The van der Waals surface area contributed by atoms with Crippen molar-refractivity contribution >= 4 is 39.9 Å². The number of halogens is 9. The van der Waals surface area contributed by atoms with Crippen LogP contribution in [-0.2, 0) is 11.0 Å². The quantitative estimate of drug-likeness (QED) is 0.215. The first-order valence-corrected chi connectivity index (χ1v) is 12.2. The van der Waals surface area contributed by atoms with E-state index in [9.17, 15) is 43.7 Å². The number of hydrogen-bond acceptors (Lipinski definition) is 3. The van der Waals surface area contributed by atoms with Crippen molar-refractivity contribution in [1.29, 1.82) is 0 Å². The van der Waals surface area contributed by atoms with Crippen LogP contribution >= 0.6 is 0 Å². The van der Waals surface area contributed by atoms with Gasteiger partial charge in [-0.05, 0) is 47.5 Å². The van der Waals surface area contributed by atoms with Crippen molar-refractivity contribution in [3.05, 3.63) is 78.1 Å². The van der Waals surface area contributed by atoms with Crippen molar-refractivity contribution in [1.82, 2.24) is 9.97 Å². The average Bonchev–Trinajstić information content (AvgIpc) is 3.27. The van der Waals surface area contributed by atoms with Gasteiger partial charge in [-0.2, -0.15) is 39.5 Å². The van der Waals surface area contributed by atoms with Crippen molar-refractivity contribution in [2.45, 2.75) is 24.0 Å². The smallest absolute Gasteiger partial charge is 0.471 e. The highest BCUT2D eigenvalue weighted by molar-refractivity contribution is 7.87. The molecule has 0 bridgehead atoms. The van der Waals surface area contributed by atoms with Gasteiger partial charge in [0.05, 0.1) is 16.7 Å². The molecule has 0 aliphatic rings. The molecule has 0 radical (unpaired) electrons. The number of nitrogens with one attached hydrogen (secondary N) is 2. The predicted octanol–water partition coefficient (Wildman–Crippen LogP) is 7.87. The number of anilines is 1. The number of rotatable bonds is 7. The second-order valence-corrected chi connectivity index (χ2v) is 9.40. The van der Waals surface area contributed by atoms with Gasteiger partial charge in [0.15, 0.2) is 0 Å². The molecule has 2 N–H and O–H groups in total. The Kier molecular flexibility index (Phi) is 7.87. The number of H-pyrrole nitrogens is 1. The summed E-state index contributed by atoms with van der Waals surface area (Å²) in [4.78, 5) is 7.34. The van der Waals surface area contributed by atoms with Crippen molar-refractivity contribution in [3.63, 3.8) is 0 Å². The predicted molar refractivity (Wildman–Crippen MR) is 131 cm³/mol. The molecule has 5 nitrogen and oxygen atoms in total. The van der Waals surface area contributed by atoms with Gasteiger partial charge in [-0.25, -0.2) is 9.19 Å². The van der Waals surface area contributed by atoms with Crippen LogP contribution in [0.25, 0.3) is 34.3 Å². The highest BCUT2D eigenvalue weighted by Crippen LogP contribution is 2.37. The SMILES string of the molecule is O=S(Nc1ccccc1-c1ccc2nc(/C=C/c3ccc(OC(C(F)(F)F)C(F)(F)F)cc3)[nH]c2c1)C(F)(F)F. The second kappa shape index (κ2) is 10.9. The number of aromatic nitrogens is 2. The average molecular weight is 593 g/mol. The van der Waals surface area contributed by atoms with E-state index in [-0.39, 0.29) is 5.69 Å². The molecule has 0 saturated heterocycles. The third-order valence-electron chi connectivity index (χ3n) is 5.31. The Balaban J connectivity index is 1.51. The summed E-state index contributed by atoms with van der Waals surface area (Å²) < 4.78 is 132. The number of nitrogens with zero attached hydrogens (tertiary/aromatic N) is 1. The number of ether oxygens (including phenoxy) is 1. The summed E-state index contributed by atoms with van der Waals surface area (Å²) in [6.45, 7) is 0. The normalized spacial score (nSPS) is 13.8. The van der Waals surface area contributed by atoms with E-state index in [4.69, 9.17) is 0 Å². The number of aromatic amines is 1. The molecule has 212 valence electrons. The van der Waals surface area contributed by atoms with Crippen molar-refractivity contribution in [2.75, 3.05) is 4.72 Å². The second-order valence-electron chi connectivity index (χ2n) is 8.20. The summed E-state index contributed by atoms with van der Waals surface area (Å²) in [6.07, 6.45) is -12.2. The molecular weight excluding hydrogens is 577 g/mol. The molecule has 0 aliphatic heterocycles.